The van der Waals surface area contributed by atoms with E-state index >= 15 is 0 Å². The van der Waals surface area contributed by atoms with Gasteiger partial charge in [-0.15, -0.1) is 53.6 Å². The fourth-order valence-electron chi connectivity index (χ4n) is 9.90. The molecule has 8 aromatic carbocycles. The summed E-state index contributed by atoms with van der Waals surface area (Å²) >= 11 is 0. The van der Waals surface area contributed by atoms with Gasteiger partial charge in [-0.05, 0) is 86.3 Å². The van der Waals surface area contributed by atoms with E-state index in [2.05, 4.69) is 282 Å². The van der Waals surface area contributed by atoms with E-state index in [1.54, 1.807) is 0 Å². The van der Waals surface area contributed by atoms with E-state index in [-0.39, 0.29) is 37.3 Å². The molecule has 0 amide bonds. The Labute approximate surface area is 439 Å². The minimum Gasteiger partial charge on any atom is -0.509 e. The quantitative estimate of drug-likeness (QED) is 0.121. The number of benzene rings is 8. The predicted octanol–water partition coefficient (Wildman–Crippen LogP) is 16.6. The zero-order chi connectivity index (χ0) is 48.9. The number of nitrogens with zero attached hydrogens (tertiary/aromatic N) is 4. The minimum absolute atomic E-state index is 0. The van der Waals surface area contributed by atoms with Crippen LogP contribution in [0.15, 0.2) is 213 Å². The van der Waals surface area contributed by atoms with Crippen molar-refractivity contribution in [3.8, 4) is 28.4 Å². The Bertz CT molecular complexity index is 3580. The standard InChI is InChI=1S/C66H57N4O.Pt/c1-64(2,3)52-38-55(69-45-68(44-62(69)47-24-14-9-15-25-47)54-37-48(46-22-12-8-13-23-46)36-53(39-54)66(6,7)50-28-18-11-19-29-50)42-57(40-52)71-56-32-33-59-58-30-20-21-31-60(58)70(61(59)43-56)63-41-51(34-35-67-63)65(4,5)49-26-16-10-17-27-49;/h8-41,44-45H,1-7H3;/q-3;. The maximum absolute atomic E-state index is 6.94. The molecule has 1 aliphatic rings. The van der Waals surface area contributed by atoms with E-state index in [4.69, 9.17) is 9.72 Å². The number of hydrogen-bond acceptors (Lipinski definition) is 4. The van der Waals surface area contributed by atoms with Crippen LogP contribution in [0.4, 0.5) is 11.4 Å². The molecule has 0 saturated carbocycles. The van der Waals surface area contributed by atoms with Gasteiger partial charge in [0.1, 0.15) is 5.82 Å². The number of anilines is 2. The Balaban J connectivity index is 0.00000596. The second-order valence-electron chi connectivity index (χ2n) is 20.7. The first-order chi connectivity index (χ1) is 34.3. The van der Waals surface area contributed by atoms with Gasteiger partial charge in [0.2, 0.25) is 0 Å². The van der Waals surface area contributed by atoms with E-state index in [1.165, 1.54) is 27.8 Å². The molecule has 72 heavy (non-hydrogen) atoms. The number of hydrogen-bond donors (Lipinski definition) is 0. The summed E-state index contributed by atoms with van der Waals surface area (Å²) in [5.41, 5.74) is 13.6. The van der Waals surface area contributed by atoms with E-state index in [9.17, 15) is 0 Å². The van der Waals surface area contributed by atoms with Gasteiger partial charge in [-0.25, -0.2) is 4.98 Å². The monoisotopic (exact) mass is 1120 g/mol. The van der Waals surface area contributed by atoms with Crippen molar-refractivity contribution >= 4 is 38.9 Å². The summed E-state index contributed by atoms with van der Waals surface area (Å²) in [5, 5.41) is 2.20. The van der Waals surface area contributed by atoms with Crippen LogP contribution in [0.2, 0.25) is 0 Å². The van der Waals surface area contributed by atoms with E-state index in [0.717, 1.165) is 61.4 Å². The first kappa shape index (κ1) is 48.2. The SMILES string of the molecule is CC(C)(C)c1cc(Oc2[c-]c3c(cc2)c2ccccc2n3-c2cc(C(C)(C)c3ccccc3)ccn2)[c-]c(N2[CH-]N(c3cc(-c4ccccc4)cc(C(C)(C)c4ccccc4)c3)C=C2c2ccccc2)c1.[Pt]. The van der Waals surface area contributed by atoms with Gasteiger partial charge in [0, 0.05) is 66.5 Å². The van der Waals surface area contributed by atoms with Crippen LogP contribution >= 0.6 is 0 Å². The molecule has 11 rings (SSSR count). The van der Waals surface area contributed by atoms with Gasteiger partial charge in [-0.2, -0.15) is 6.07 Å². The van der Waals surface area contributed by atoms with Crippen LogP contribution in [0.5, 0.6) is 11.5 Å². The van der Waals surface area contributed by atoms with Gasteiger partial charge in [0.15, 0.2) is 0 Å². The van der Waals surface area contributed by atoms with E-state index < -0.39 is 0 Å². The summed E-state index contributed by atoms with van der Waals surface area (Å²) < 4.78 is 9.15. The number of ether oxygens (including phenoxy) is 1. The number of para-hydroxylation sites is 1. The fraction of sp³-hybridized carbons (Fsp3) is 0.152. The zero-order valence-corrected chi connectivity index (χ0v) is 44.1. The molecule has 0 radical (unpaired) electrons. The summed E-state index contributed by atoms with van der Waals surface area (Å²) in [6.07, 6.45) is 4.16. The Morgan fingerprint density at radius 1 is 0.486 bits per heavy atom. The molecule has 0 atom stereocenters. The number of fused-ring (bicyclic) bond motifs is 3. The molecule has 2 aromatic heterocycles. The Morgan fingerprint density at radius 2 is 1.10 bits per heavy atom. The fourth-order valence-corrected chi connectivity index (χ4v) is 9.90. The zero-order valence-electron chi connectivity index (χ0n) is 41.8. The van der Waals surface area contributed by atoms with Crippen molar-refractivity contribution in [3.63, 3.8) is 0 Å². The summed E-state index contributed by atoms with van der Waals surface area (Å²) in [7, 11) is 0. The van der Waals surface area contributed by atoms with Gasteiger partial charge in [0.05, 0.1) is 0 Å². The molecule has 6 heteroatoms. The second kappa shape index (κ2) is 19.3. The predicted molar refractivity (Wildman–Crippen MR) is 294 cm³/mol. The molecular weight excluding hydrogens is 1060 g/mol. The van der Waals surface area contributed by atoms with Crippen LogP contribution in [0, 0.1) is 18.8 Å². The molecule has 3 heterocycles. The van der Waals surface area contributed by atoms with E-state index in [0.29, 0.717) is 11.5 Å². The largest absolute Gasteiger partial charge is 0.509 e. The van der Waals surface area contributed by atoms with Crippen LogP contribution in [-0.4, -0.2) is 9.55 Å². The molecule has 1 aliphatic heterocycles. The molecule has 0 saturated heterocycles. The third-order valence-corrected chi connectivity index (χ3v) is 14.3. The number of pyridine rings is 1. The first-order valence-corrected chi connectivity index (χ1v) is 24.5. The van der Waals surface area contributed by atoms with Gasteiger partial charge >= 0.3 is 0 Å². The molecule has 5 nitrogen and oxygen atoms in total. The van der Waals surface area contributed by atoms with Gasteiger partial charge < -0.3 is 19.1 Å². The molecule has 0 bridgehead atoms. The smallest absolute Gasteiger partial charge is 0.135 e. The van der Waals surface area contributed by atoms with Crippen molar-refractivity contribution in [2.24, 2.45) is 0 Å². The van der Waals surface area contributed by atoms with Gasteiger partial charge in [0.25, 0.3) is 0 Å². The summed E-state index contributed by atoms with van der Waals surface area (Å²) in [6.45, 7) is 18.1. The molecule has 0 N–H and O–H groups in total. The van der Waals surface area contributed by atoms with Crippen LogP contribution in [0.1, 0.15) is 81.8 Å². The van der Waals surface area contributed by atoms with Crippen molar-refractivity contribution in [3.05, 3.63) is 265 Å². The van der Waals surface area contributed by atoms with Crippen molar-refractivity contribution in [1.82, 2.24) is 9.55 Å². The Morgan fingerprint density at radius 3 is 1.76 bits per heavy atom. The maximum atomic E-state index is 6.94. The first-order valence-electron chi connectivity index (χ1n) is 24.5. The third-order valence-electron chi connectivity index (χ3n) is 14.3. The van der Waals surface area contributed by atoms with Crippen LogP contribution in [0.25, 0.3) is 44.4 Å². The average molecular weight is 1120 g/mol. The van der Waals surface area contributed by atoms with Crippen LogP contribution in [0.3, 0.4) is 0 Å². The molecular formula is C66H57N4OPt-3. The topological polar surface area (TPSA) is 33.5 Å². The van der Waals surface area contributed by atoms with Gasteiger partial charge in [-0.1, -0.05) is 200 Å². The molecule has 0 aliphatic carbocycles. The Kier molecular flexibility index (Phi) is 12.9. The molecule has 0 fully saturated rings. The van der Waals surface area contributed by atoms with Crippen LogP contribution < -0.4 is 14.5 Å². The molecule has 0 spiro atoms. The minimum atomic E-state index is -0.262. The van der Waals surface area contributed by atoms with Crippen molar-refractivity contribution in [2.75, 3.05) is 9.80 Å². The van der Waals surface area contributed by atoms with Gasteiger partial charge in [-0.3, -0.25) is 0 Å². The maximum Gasteiger partial charge on any atom is 0.135 e. The third kappa shape index (κ3) is 9.19. The van der Waals surface area contributed by atoms with Crippen molar-refractivity contribution < 1.29 is 25.8 Å². The van der Waals surface area contributed by atoms with Crippen molar-refractivity contribution in [1.29, 1.82) is 0 Å². The number of rotatable bonds is 11. The van der Waals surface area contributed by atoms with Crippen LogP contribution in [-0.2, 0) is 37.3 Å². The normalized spacial score (nSPS) is 13.1. The Hall–Kier alpha value is -7.46. The second-order valence-corrected chi connectivity index (χ2v) is 20.7. The number of aromatic nitrogens is 2. The molecule has 0 unspecified atom stereocenters. The van der Waals surface area contributed by atoms with E-state index in [1.807, 2.05) is 12.3 Å². The van der Waals surface area contributed by atoms with Crippen molar-refractivity contribution in [2.45, 2.75) is 64.7 Å². The summed E-state index contributed by atoms with van der Waals surface area (Å²) in [4.78, 5) is 9.48. The molecule has 10 aromatic rings. The summed E-state index contributed by atoms with van der Waals surface area (Å²) in [5.74, 6) is 2.02. The summed E-state index contributed by atoms with van der Waals surface area (Å²) in [6, 6.07) is 78.5. The molecule has 360 valence electrons. The average Bonchev–Trinajstić information content (AvgIpc) is 4.00.